The Morgan fingerprint density at radius 1 is 0.946 bits per heavy atom. The number of anilines is 1. The van der Waals surface area contributed by atoms with E-state index in [0.717, 1.165) is 52.5 Å². The molecule has 0 atom stereocenters. The third-order valence-electron chi connectivity index (χ3n) is 7.40. The Morgan fingerprint density at radius 2 is 1.62 bits per heavy atom. The van der Waals surface area contributed by atoms with Gasteiger partial charge in [0.25, 0.3) is 5.56 Å². The molecule has 0 unspecified atom stereocenters. The molecule has 0 N–H and O–H groups in total. The van der Waals surface area contributed by atoms with Gasteiger partial charge in [0.1, 0.15) is 11.4 Å². The van der Waals surface area contributed by atoms with E-state index in [4.69, 9.17) is 9.84 Å². The predicted octanol–water partition coefficient (Wildman–Crippen LogP) is 3.63. The Balaban J connectivity index is 1.30. The summed E-state index contributed by atoms with van der Waals surface area (Å²) in [6.07, 6.45) is 0.734. The molecule has 0 aliphatic carbocycles. The Kier molecular flexibility index (Phi) is 6.74. The van der Waals surface area contributed by atoms with E-state index in [1.165, 1.54) is 0 Å². The minimum atomic E-state index is -0.0702. The van der Waals surface area contributed by atoms with Crippen molar-refractivity contribution < 1.29 is 9.53 Å². The number of carbonyl (C=O) groups is 1. The van der Waals surface area contributed by atoms with Gasteiger partial charge in [0.05, 0.1) is 18.5 Å². The van der Waals surface area contributed by atoms with Gasteiger partial charge in [0, 0.05) is 56.3 Å². The van der Waals surface area contributed by atoms with Crippen LogP contribution in [0.1, 0.15) is 23.2 Å². The lowest BCUT2D eigenvalue weighted by molar-refractivity contribution is -0.131. The summed E-state index contributed by atoms with van der Waals surface area (Å²) in [5, 5.41) is 5.72. The van der Waals surface area contributed by atoms with Crippen molar-refractivity contribution in [2.45, 2.75) is 26.7 Å². The normalized spacial score (nSPS) is 13.8. The van der Waals surface area contributed by atoms with Gasteiger partial charge >= 0.3 is 0 Å². The molecule has 37 heavy (non-hydrogen) atoms. The first-order valence-electron chi connectivity index (χ1n) is 12.7. The highest BCUT2D eigenvalue weighted by Gasteiger charge is 2.24. The standard InChI is InChI=1S/C29H33N5O3/c1-20-25(29(36)31(3)28-27(20)21(2)30-34(28)23-8-6-5-7-9-23)14-15-26(35)33-18-16-32(17-19-33)22-10-12-24(37-4)13-11-22/h5-13H,14-19H2,1-4H3. The topological polar surface area (TPSA) is 72.6 Å². The van der Waals surface area contributed by atoms with Crippen LogP contribution in [0.15, 0.2) is 59.4 Å². The number of aromatic nitrogens is 3. The van der Waals surface area contributed by atoms with E-state index >= 15 is 0 Å². The third-order valence-corrected chi connectivity index (χ3v) is 7.40. The van der Waals surface area contributed by atoms with E-state index in [1.54, 1.807) is 18.7 Å². The zero-order chi connectivity index (χ0) is 26.1. The van der Waals surface area contributed by atoms with E-state index in [2.05, 4.69) is 4.90 Å². The highest BCUT2D eigenvalue weighted by Crippen LogP contribution is 2.26. The molecular formula is C29H33N5O3. The largest absolute Gasteiger partial charge is 0.497 e. The fourth-order valence-corrected chi connectivity index (χ4v) is 5.31. The van der Waals surface area contributed by atoms with Crippen molar-refractivity contribution in [1.82, 2.24) is 19.2 Å². The monoisotopic (exact) mass is 499 g/mol. The third kappa shape index (κ3) is 4.59. The molecule has 1 aliphatic heterocycles. The van der Waals surface area contributed by atoms with Gasteiger partial charge in [-0.1, -0.05) is 18.2 Å². The van der Waals surface area contributed by atoms with Gasteiger partial charge in [-0.2, -0.15) is 5.10 Å². The number of pyridine rings is 1. The highest BCUT2D eigenvalue weighted by molar-refractivity contribution is 5.85. The first kappa shape index (κ1) is 24.6. The lowest BCUT2D eigenvalue weighted by Crippen LogP contribution is -2.48. The zero-order valence-electron chi connectivity index (χ0n) is 21.9. The molecular weight excluding hydrogens is 466 g/mol. The van der Waals surface area contributed by atoms with Crippen molar-refractivity contribution in [1.29, 1.82) is 0 Å². The molecule has 0 saturated carbocycles. The average Bonchev–Trinajstić information content (AvgIpc) is 3.29. The van der Waals surface area contributed by atoms with E-state index in [1.807, 2.05) is 78.0 Å². The second-order valence-corrected chi connectivity index (χ2v) is 9.56. The fraction of sp³-hybridized carbons (Fsp3) is 0.345. The van der Waals surface area contributed by atoms with Crippen molar-refractivity contribution in [3.63, 3.8) is 0 Å². The highest BCUT2D eigenvalue weighted by atomic mass is 16.5. The van der Waals surface area contributed by atoms with Crippen LogP contribution >= 0.6 is 0 Å². The molecule has 4 aromatic rings. The van der Waals surface area contributed by atoms with Crippen LogP contribution in [0.3, 0.4) is 0 Å². The van der Waals surface area contributed by atoms with Gasteiger partial charge in [0.2, 0.25) is 5.91 Å². The number of hydrogen-bond donors (Lipinski definition) is 0. The van der Waals surface area contributed by atoms with Crippen LogP contribution in [0.25, 0.3) is 16.7 Å². The summed E-state index contributed by atoms with van der Waals surface area (Å²) < 4.78 is 8.74. The summed E-state index contributed by atoms with van der Waals surface area (Å²) in [5.74, 6) is 0.924. The maximum Gasteiger partial charge on any atom is 0.255 e. The van der Waals surface area contributed by atoms with Crippen LogP contribution in [0, 0.1) is 13.8 Å². The molecule has 1 amide bonds. The van der Waals surface area contributed by atoms with Gasteiger partial charge in [-0.05, 0) is 62.2 Å². The molecule has 1 saturated heterocycles. The summed E-state index contributed by atoms with van der Waals surface area (Å²) in [7, 11) is 3.45. The smallest absolute Gasteiger partial charge is 0.255 e. The lowest BCUT2D eigenvalue weighted by atomic mass is 10.0. The fourth-order valence-electron chi connectivity index (χ4n) is 5.31. The molecule has 8 heteroatoms. The second-order valence-electron chi connectivity index (χ2n) is 9.56. The summed E-state index contributed by atoms with van der Waals surface area (Å²) in [4.78, 5) is 30.7. The van der Waals surface area contributed by atoms with E-state index < -0.39 is 0 Å². The first-order valence-corrected chi connectivity index (χ1v) is 12.7. The number of piperazine rings is 1. The van der Waals surface area contributed by atoms with Gasteiger partial charge in [-0.25, -0.2) is 4.68 Å². The van der Waals surface area contributed by atoms with Gasteiger partial charge in [0.15, 0.2) is 0 Å². The van der Waals surface area contributed by atoms with Crippen molar-refractivity contribution in [2.75, 3.05) is 38.2 Å². The minimum absolute atomic E-state index is 0.0702. The minimum Gasteiger partial charge on any atom is -0.497 e. The second kappa shape index (κ2) is 10.1. The number of amides is 1. The van der Waals surface area contributed by atoms with E-state index in [-0.39, 0.29) is 11.5 Å². The number of nitrogens with zero attached hydrogens (tertiary/aromatic N) is 5. The number of ether oxygens (including phenoxy) is 1. The predicted molar refractivity (Wildman–Crippen MR) is 146 cm³/mol. The van der Waals surface area contributed by atoms with Crippen LogP contribution in [0.5, 0.6) is 5.75 Å². The van der Waals surface area contributed by atoms with Crippen molar-refractivity contribution in [3.05, 3.63) is 81.8 Å². The molecule has 0 spiro atoms. The quantitative estimate of drug-likeness (QED) is 0.405. The van der Waals surface area contributed by atoms with Gasteiger partial charge in [-0.3, -0.25) is 14.2 Å². The molecule has 8 nitrogen and oxygen atoms in total. The van der Waals surface area contributed by atoms with E-state index in [0.29, 0.717) is 31.5 Å². The number of benzene rings is 2. The SMILES string of the molecule is COc1ccc(N2CCN(C(=O)CCc3c(C)c4c(C)nn(-c5ccccc5)c4n(C)c3=O)CC2)cc1. The summed E-state index contributed by atoms with van der Waals surface area (Å²) in [6, 6.07) is 17.8. The lowest BCUT2D eigenvalue weighted by Gasteiger charge is -2.36. The average molecular weight is 500 g/mol. The maximum atomic E-state index is 13.4. The summed E-state index contributed by atoms with van der Waals surface area (Å²) in [6.45, 7) is 6.84. The molecule has 0 bridgehead atoms. The Bertz CT molecular complexity index is 1480. The summed E-state index contributed by atoms with van der Waals surface area (Å²) >= 11 is 0. The number of methoxy groups -OCH3 is 1. The van der Waals surface area contributed by atoms with Crippen LogP contribution < -0.4 is 15.2 Å². The van der Waals surface area contributed by atoms with Gasteiger partial charge < -0.3 is 14.5 Å². The Morgan fingerprint density at radius 3 is 2.27 bits per heavy atom. The van der Waals surface area contributed by atoms with Crippen molar-refractivity contribution in [3.8, 4) is 11.4 Å². The number of aryl methyl sites for hydroxylation is 3. The molecule has 2 aromatic heterocycles. The van der Waals surface area contributed by atoms with Crippen LogP contribution in [0.4, 0.5) is 5.69 Å². The van der Waals surface area contributed by atoms with E-state index in [9.17, 15) is 9.59 Å². The molecule has 192 valence electrons. The molecule has 1 fully saturated rings. The molecule has 0 radical (unpaired) electrons. The molecule has 1 aliphatic rings. The summed E-state index contributed by atoms with van der Waals surface area (Å²) in [5.41, 5.74) is 5.22. The number of fused-ring (bicyclic) bond motifs is 1. The number of para-hydroxylation sites is 1. The van der Waals surface area contributed by atoms with Crippen LogP contribution in [-0.4, -0.2) is 58.4 Å². The molecule has 5 rings (SSSR count). The number of carbonyl (C=O) groups excluding carboxylic acids is 1. The zero-order valence-corrected chi connectivity index (χ0v) is 21.9. The first-order chi connectivity index (χ1) is 17.9. The van der Waals surface area contributed by atoms with Crippen molar-refractivity contribution >= 4 is 22.6 Å². The van der Waals surface area contributed by atoms with Crippen LogP contribution in [0.2, 0.25) is 0 Å². The van der Waals surface area contributed by atoms with Gasteiger partial charge in [-0.15, -0.1) is 0 Å². The maximum absolute atomic E-state index is 13.4. The van der Waals surface area contributed by atoms with Crippen LogP contribution in [-0.2, 0) is 18.3 Å². The Labute approximate surface area is 216 Å². The van der Waals surface area contributed by atoms with Crippen molar-refractivity contribution in [2.24, 2.45) is 7.05 Å². The Hall–Kier alpha value is -4.07. The number of rotatable bonds is 6. The number of hydrogen-bond acceptors (Lipinski definition) is 5. The molecule has 3 heterocycles. The molecule has 2 aromatic carbocycles.